The van der Waals surface area contributed by atoms with E-state index < -0.39 is 0 Å². The van der Waals surface area contributed by atoms with Crippen LogP contribution >= 0.6 is 11.8 Å². The summed E-state index contributed by atoms with van der Waals surface area (Å²) in [7, 11) is 0. The molecule has 0 aliphatic heterocycles. The molecule has 0 spiro atoms. The second-order valence-corrected chi connectivity index (χ2v) is 10.2. The third-order valence-corrected chi connectivity index (χ3v) is 6.64. The van der Waals surface area contributed by atoms with E-state index in [0.29, 0.717) is 23.4 Å². The fraction of sp³-hybridized carbons (Fsp3) is 0.458. The fourth-order valence-corrected chi connectivity index (χ4v) is 4.32. The van der Waals surface area contributed by atoms with E-state index in [4.69, 9.17) is 4.42 Å². The average Bonchev–Trinajstić information content (AvgIpc) is 3.32. The second-order valence-electron chi connectivity index (χ2n) is 9.28. The lowest BCUT2D eigenvalue weighted by Crippen LogP contribution is -2.35. The van der Waals surface area contributed by atoms with Crippen LogP contribution in [0.25, 0.3) is 11.4 Å². The van der Waals surface area contributed by atoms with Gasteiger partial charge in [-0.2, -0.15) is 0 Å². The first-order valence-corrected chi connectivity index (χ1v) is 11.8. The maximum atomic E-state index is 12.4. The van der Waals surface area contributed by atoms with E-state index >= 15 is 0 Å². The van der Waals surface area contributed by atoms with Gasteiger partial charge in [-0.15, -0.1) is 10.2 Å². The molecular weight excluding hydrogens is 408 g/mol. The van der Waals surface area contributed by atoms with Crippen molar-refractivity contribution in [3.05, 3.63) is 54.0 Å². The molecular formula is C24H30N4O2S. The third-order valence-electron chi connectivity index (χ3n) is 5.67. The summed E-state index contributed by atoms with van der Waals surface area (Å²) in [6, 6.07) is 12.5. The SMILES string of the molecule is CC(NC(=O)CSc1nnc(-c2ccc(C(C)(C)C)cc2)n1Cc1ccco1)C1CC1. The Bertz CT molecular complexity index is 1020. The molecule has 3 aromatic rings. The van der Waals surface area contributed by atoms with Gasteiger partial charge in [0.1, 0.15) is 5.76 Å². The number of hydrogen-bond donors (Lipinski definition) is 1. The van der Waals surface area contributed by atoms with Crippen molar-refractivity contribution >= 4 is 17.7 Å². The van der Waals surface area contributed by atoms with Gasteiger partial charge in [0.05, 0.1) is 18.6 Å². The van der Waals surface area contributed by atoms with Crippen LogP contribution in [0.5, 0.6) is 0 Å². The van der Waals surface area contributed by atoms with Crippen LogP contribution in [0.15, 0.2) is 52.2 Å². The summed E-state index contributed by atoms with van der Waals surface area (Å²) < 4.78 is 7.58. The first-order chi connectivity index (χ1) is 14.8. The Morgan fingerprint density at radius 3 is 2.58 bits per heavy atom. The van der Waals surface area contributed by atoms with Gasteiger partial charge in [-0.25, -0.2) is 0 Å². The van der Waals surface area contributed by atoms with E-state index in [9.17, 15) is 4.79 Å². The summed E-state index contributed by atoms with van der Waals surface area (Å²) in [5.41, 5.74) is 2.35. The highest BCUT2D eigenvalue weighted by molar-refractivity contribution is 7.99. The van der Waals surface area contributed by atoms with E-state index in [1.165, 1.54) is 30.2 Å². The summed E-state index contributed by atoms with van der Waals surface area (Å²) in [5, 5.41) is 12.7. The van der Waals surface area contributed by atoms with Crippen LogP contribution < -0.4 is 5.32 Å². The van der Waals surface area contributed by atoms with Crippen molar-refractivity contribution in [3.8, 4) is 11.4 Å². The molecule has 1 unspecified atom stereocenters. The average molecular weight is 439 g/mol. The molecule has 31 heavy (non-hydrogen) atoms. The normalized spacial score (nSPS) is 15.1. The van der Waals surface area contributed by atoms with Crippen molar-refractivity contribution in [2.24, 2.45) is 5.92 Å². The highest BCUT2D eigenvalue weighted by atomic mass is 32.2. The number of amides is 1. The third kappa shape index (κ3) is 5.39. The molecule has 0 radical (unpaired) electrons. The molecule has 164 valence electrons. The monoisotopic (exact) mass is 438 g/mol. The molecule has 1 saturated carbocycles. The molecule has 4 rings (SSSR count). The van der Waals surface area contributed by atoms with Crippen LogP contribution in [0.4, 0.5) is 0 Å². The van der Waals surface area contributed by atoms with Crippen LogP contribution in [0.2, 0.25) is 0 Å². The van der Waals surface area contributed by atoms with Crippen molar-refractivity contribution in [2.75, 3.05) is 5.75 Å². The number of furan rings is 1. The lowest BCUT2D eigenvalue weighted by molar-refractivity contribution is -0.119. The standard InChI is InChI=1S/C24H30N4O2S/c1-16(17-7-8-17)25-21(29)15-31-23-27-26-22(28(23)14-20-6-5-13-30-20)18-9-11-19(12-10-18)24(2,3)4/h5-6,9-13,16-17H,7-8,14-15H2,1-4H3,(H,25,29). The second kappa shape index (κ2) is 8.91. The number of rotatable bonds is 8. The van der Waals surface area contributed by atoms with Gasteiger partial charge in [0.2, 0.25) is 5.91 Å². The van der Waals surface area contributed by atoms with Crippen LogP contribution in [-0.4, -0.2) is 32.5 Å². The van der Waals surface area contributed by atoms with Gasteiger partial charge in [0, 0.05) is 11.6 Å². The highest BCUT2D eigenvalue weighted by Crippen LogP contribution is 2.32. The number of carbonyl (C=O) groups is 1. The molecule has 1 amide bonds. The Morgan fingerprint density at radius 1 is 1.23 bits per heavy atom. The fourth-order valence-electron chi connectivity index (χ4n) is 3.57. The van der Waals surface area contributed by atoms with Gasteiger partial charge in [-0.05, 0) is 48.8 Å². The van der Waals surface area contributed by atoms with Crippen LogP contribution in [0.1, 0.15) is 51.9 Å². The van der Waals surface area contributed by atoms with Gasteiger partial charge in [-0.3, -0.25) is 9.36 Å². The molecule has 2 heterocycles. The summed E-state index contributed by atoms with van der Waals surface area (Å²) in [5.74, 6) is 2.58. The Balaban J connectivity index is 1.54. The predicted molar refractivity (Wildman–Crippen MR) is 123 cm³/mol. The zero-order valence-corrected chi connectivity index (χ0v) is 19.4. The number of hydrogen-bond acceptors (Lipinski definition) is 5. The number of carbonyl (C=O) groups excluding carboxylic acids is 1. The molecule has 1 aliphatic rings. The number of benzene rings is 1. The van der Waals surface area contributed by atoms with E-state index in [2.05, 4.69) is 67.5 Å². The van der Waals surface area contributed by atoms with E-state index in [-0.39, 0.29) is 17.4 Å². The maximum absolute atomic E-state index is 12.4. The van der Waals surface area contributed by atoms with Gasteiger partial charge < -0.3 is 9.73 Å². The van der Waals surface area contributed by atoms with Crippen LogP contribution in [0, 0.1) is 5.92 Å². The van der Waals surface area contributed by atoms with Gasteiger partial charge in [-0.1, -0.05) is 56.8 Å². The summed E-state index contributed by atoms with van der Waals surface area (Å²) in [6.07, 6.45) is 4.09. The number of thioether (sulfide) groups is 1. The smallest absolute Gasteiger partial charge is 0.230 e. The van der Waals surface area contributed by atoms with Crippen LogP contribution in [-0.2, 0) is 16.8 Å². The summed E-state index contributed by atoms with van der Waals surface area (Å²) >= 11 is 1.41. The number of nitrogens with zero attached hydrogens (tertiary/aromatic N) is 3. The molecule has 2 aromatic heterocycles. The molecule has 1 N–H and O–H groups in total. The minimum absolute atomic E-state index is 0.0352. The maximum Gasteiger partial charge on any atom is 0.230 e. The molecule has 6 nitrogen and oxygen atoms in total. The topological polar surface area (TPSA) is 73.0 Å². The number of aromatic nitrogens is 3. The zero-order valence-electron chi connectivity index (χ0n) is 18.6. The Hall–Kier alpha value is -2.54. The molecule has 1 aliphatic carbocycles. The molecule has 1 aromatic carbocycles. The molecule has 1 fully saturated rings. The minimum Gasteiger partial charge on any atom is -0.467 e. The Kier molecular flexibility index (Phi) is 6.23. The molecule has 0 saturated heterocycles. The first-order valence-electron chi connectivity index (χ1n) is 10.8. The highest BCUT2D eigenvalue weighted by Gasteiger charge is 2.29. The summed E-state index contributed by atoms with van der Waals surface area (Å²) in [4.78, 5) is 12.4. The van der Waals surface area contributed by atoms with Crippen molar-refractivity contribution in [3.63, 3.8) is 0 Å². The molecule has 0 bridgehead atoms. The van der Waals surface area contributed by atoms with Crippen LogP contribution in [0.3, 0.4) is 0 Å². The largest absolute Gasteiger partial charge is 0.467 e. The van der Waals surface area contributed by atoms with Gasteiger partial charge >= 0.3 is 0 Å². The lowest BCUT2D eigenvalue weighted by atomic mass is 9.87. The van der Waals surface area contributed by atoms with E-state index in [0.717, 1.165) is 17.1 Å². The number of nitrogens with one attached hydrogen (secondary N) is 1. The Morgan fingerprint density at radius 2 is 1.97 bits per heavy atom. The van der Waals surface area contributed by atoms with Gasteiger partial charge in [0.15, 0.2) is 11.0 Å². The van der Waals surface area contributed by atoms with Crippen molar-refractivity contribution in [2.45, 2.75) is 63.7 Å². The minimum atomic E-state index is 0.0352. The van der Waals surface area contributed by atoms with Crippen molar-refractivity contribution in [1.82, 2.24) is 20.1 Å². The lowest BCUT2D eigenvalue weighted by Gasteiger charge is -2.19. The first kappa shape index (κ1) is 21.7. The molecule has 7 heteroatoms. The predicted octanol–water partition coefficient (Wildman–Crippen LogP) is 4.89. The van der Waals surface area contributed by atoms with E-state index in [1.807, 2.05) is 16.7 Å². The van der Waals surface area contributed by atoms with Crippen molar-refractivity contribution in [1.29, 1.82) is 0 Å². The molecule has 1 atom stereocenters. The quantitative estimate of drug-likeness (QED) is 0.507. The summed E-state index contributed by atoms with van der Waals surface area (Å²) in [6.45, 7) is 9.19. The zero-order chi connectivity index (χ0) is 22.0. The Labute approximate surface area is 187 Å². The van der Waals surface area contributed by atoms with E-state index in [1.54, 1.807) is 6.26 Å². The van der Waals surface area contributed by atoms with Crippen molar-refractivity contribution < 1.29 is 9.21 Å². The van der Waals surface area contributed by atoms with Gasteiger partial charge in [0.25, 0.3) is 0 Å².